The molecule has 2 amide bonds. The van der Waals surface area contributed by atoms with E-state index in [9.17, 15) is 9.59 Å². The number of aromatic nitrogens is 2. The van der Waals surface area contributed by atoms with Crippen LogP contribution in [0.25, 0.3) is 0 Å². The lowest BCUT2D eigenvalue weighted by atomic mass is 9.82. The number of piperidine rings is 3. The van der Waals surface area contributed by atoms with Crippen LogP contribution in [0.5, 0.6) is 0 Å². The molecule has 0 unspecified atom stereocenters. The number of guanidine groups is 1. The van der Waals surface area contributed by atoms with Crippen molar-refractivity contribution in [1.82, 2.24) is 20.6 Å². The third-order valence-corrected chi connectivity index (χ3v) is 7.07. The van der Waals surface area contributed by atoms with Gasteiger partial charge < -0.3 is 27.0 Å². The van der Waals surface area contributed by atoms with Gasteiger partial charge in [-0.1, -0.05) is 41.9 Å². The monoisotopic (exact) mass is 500 g/mol. The Morgan fingerprint density at radius 3 is 2.54 bits per heavy atom. The molecule has 2 bridgehead atoms. The summed E-state index contributed by atoms with van der Waals surface area (Å²) in [6.07, 6.45) is 2.71. The van der Waals surface area contributed by atoms with Gasteiger partial charge in [-0.15, -0.1) is 0 Å². The number of anilines is 2. The van der Waals surface area contributed by atoms with Crippen molar-refractivity contribution in [1.29, 1.82) is 0 Å². The number of amides is 2. The number of benzene rings is 1. The highest BCUT2D eigenvalue weighted by Crippen LogP contribution is 2.35. The third kappa shape index (κ3) is 5.98. The number of nitrogens with one attached hydrogen (secondary N) is 2. The summed E-state index contributed by atoms with van der Waals surface area (Å²) < 4.78 is 0.676. The molecule has 0 saturated carbocycles. The first-order chi connectivity index (χ1) is 16.7. The summed E-state index contributed by atoms with van der Waals surface area (Å²) in [6, 6.07) is 9.99. The molecule has 3 aliphatic rings. The minimum absolute atomic E-state index is 0.0339. The van der Waals surface area contributed by atoms with Gasteiger partial charge in [-0.2, -0.15) is 0 Å². The number of nitrogens with zero attached hydrogens (tertiary/aromatic N) is 4. The van der Waals surface area contributed by atoms with Crippen LogP contribution >= 0.6 is 11.6 Å². The molecular weight excluding hydrogens is 470 g/mol. The average Bonchev–Trinajstić information content (AvgIpc) is 2.82. The third-order valence-electron chi connectivity index (χ3n) is 6.79. The number of rotatable bonds is 7. The van der Waals surface area contributed by atoms with Crippen LogP contribution in [0.3, 0.4) is 0 Å². The molecule has 0 aliphatic carbocycles. The summed E-state index contributed by atoms with van der Waals surface area (Å²) >= 11 is 5.85. The second kappa shape index (κ2) is 10.4. The number of nitrogens with two attached hydrogens (primary N) is 3. The Morgan fingerprint density at radius 1 is 1.11 bits per heavy atom. The predicted molar refractivity (Wildman–Crippen MR) is 134 cm³/mol. The van der Waals surface area contributed by atoms with Crippen LogP contribution in [0.15, 0.2) is 35.3 Å². The van der Waals surface area contributed by atoms with E-state index in [1.54, 1.807) is 0 Å². The van der Waals surface area contributed by atoms with Gasteiger partial charge in [0.2, 0.25) is 0 Å². The van der Waals surface area contributed by atoms with E-state index in [1.165, 1.54) is 5.56 Å². The Hall–Kier alpha value is -3.44. The van der Waals surface area contributed by atoms with Gasteiger partial charge >= 0.3 is 0 Å². The number of nitrogen functional groups attached to an aromatic ring is 2. The molecule has 3 aliphatic heterocycles. The van der Waals surface area contributed by atoms with E-state index < -0.39 is 5.91 Å². The fraction of sp³-hybridized carbons (Fsp3) is 0.435. The van der Waals surface area contributed by atoms with Crippen LogP contribution in [0, 0.1) is 5.92 Å². The van der Waals surface area contributed by atoms with Crippen LogP contribution in [0.1, 0.15) is 28.9 Å². The number of aliphatic imine (C=N–C) groups is 1. The lowest BCUT2D eigenvalue weighted by molar-refractivity contribution is -0.936. The maximum absolute atomic E-state index is 12.7. The summed E-state index contributed by atoms with van der Waals surface area (Å²) in [4.78, 5) is 37.5. The van der Waals surface area contributed by atoms with Crippen molar-refractivity contribution < 1.29 is 14.1 Å². The largest absolute Gasteiger partial charge is 0.382 e. The quantitative estimate of drug-likeness (QED) is 0.206. The van der Waals surface area contributed by atoms with E-state index in [0.29, 0.717) is 30.0 Å². The maximum Gasteiger partial charge on any atom is 0.280 e. The minimum Gasteiger partial charge on any atom is -0.382 e. The second-order valence-corrected chi connectivity index (χ2v) is 9.58. The highest BCUT2D eigenvalue weighted by molar-refractivity contribution is 6.31. The van der Waals surface area contributed by atoms with E-state index in [2.05, 4.69) is 37.7 Å². The minimum atomic E-state index is -0.666. The highest BCUT2D eigenvalue weighted by atomic mass is 35.5. The number of hydrogen-bond acceptors (Lipinski definition) is 7. The van der Waals surface area contributed by atoms with Crippen LogP contribution in [-0.4, -0.2) is 71.0 Å². The standard InChI is InChI=1S/C23H30ClN9O2/c24-19-21(26)31-20(25)18(30-19)22(35)32-23(27)29-16-12-33(10-7-15(16)8-11-33)13-17(34)28-9-6-14-4-2-1-3-5-14/h1-5,15-16H,6-13H2,(H7-,25,26,27,28,29,31,32,34,35)/p+1/t15?,16-,33?/m1/s1. The van der Waals surface area contributed by atoms with Crippen molar-refractivity contribution in [2.75, 3.05) is 44.2 Å². The SMILES string of the molecule is NC(=N[C@@H]1C[N+]2(CC(=O)NCCc3ccccc3)CCC1CC2)NC(=O)c1nc(Cl)c(N)nc1N. The Labute approximate surface area is 208 Å². The van der Waals surface area contributed by atoms with Crippen LogP contribution in [0.2, 0.25) is 5.15 Å². The molecule has 1 aromatic carbocycles. The molecular formula is C23H31ClN9O2+. The molecule has 0 spiro atoms. The van der Waals surface area contributed by atoms with Crippen molar-refractivity contribution in [2.24, 2.45) is 16.6 Å². The summed E-state index contributed by atoms with van der Waals surface area (Å²) in [5.74, 6) is -0.507. The van der Waals surface area contributed by atoms with Crippen molar-refractivity contribution in [3.05, 3.63) is 46.7 Å². The number of fused-ring (bicyclic) bond motifs is 3. The van der Waals surface area contributed by atoms with E-state index >= 15 is 0 Å². The molecule has 4 heterocycles. The number of hydrogen-bond donors (Lipinski definition) is 5. The van der Waals surface area contributed by atoms with Crippen molar-refractivity contribution in [3.63, 3.8) is 0 Å². The summed E-state index contributed by atoms with van der Waals surface area (Å²) in [5.41, 5.74) is 18.4. The summed E-state index contributed by atoms with van der Waals surface area (Å²) in [6.45, 7) is 3.59. The first-order valence-corrected chi connectivity index (χ1v) is 12.0. The summed E-state index contributed by atoms with van der Waals surface area (Å²) in [7, 11) is 0. The molecule has 2 aromatic rings. The van der Waals surface area contributed by atoms with Gasteiger partial charge in [0.1, 0.15) is 12.6 Å². The van der Waals surface area contributed by atoms with Gasteiger partial charge in [-0.25, -0.2) is 15.0 Å². The first kappa shape index (κ1) is 24.7. The number of halogens is 1. The molecule has 11 nitrogen and oxygen atoms in total. The van der Waals surface area contributed by atoms with Gasteiger partial charge in [0, 0.05) is 19.4 Å². The Morgan fingerprint density at radius 2 is 1.83 bits per heavy atom. The molecule has 5 rings (SSSR count). The second-order valence-electron chi connectivity index (χ2n) is 9.22. The van der Waals surface area contributed by atoms with E-state index in [0.717, 1.165) is 32.4 Å². The number of quaternary nitrogens is 1. The molecule has 3 saturated heterocycles. The Balaban J connectivity index is 1.34. The zero-order chi connectivity index (χ0) is 25.0. The molecule has 1 atom stereocenters. The van der Waals surface area contributed by atoms with Crippen LogP contribution < -0.4 is 27.8 Å². The van der Waals surface area contributed by atoms with Gasteiger partial charge in [0.05, 0.1) is 13.1 Å². The van der Waals surface area contributed by atoms with Crippen molar-refractivity contribution in [3.8, 4) is 0 Å². The average molecular weight is 501 g/mol. The fourth-order valence-electron chi connectivity index (χ4n) is 4.96. The normalized spacial score (nSPS) is 23.6. The predicted octanol–water partition coefficient (Wildman–Crippen LogP) is 0.307. The lowest BCUT2D eigenvalue weighted by Crippen LogP contribution is -2.66. The number of carbonyl (C=O) groups is 2. The number of carbonyl (C=O) groups excluding carboxylic acids is 2. The molecule has 186 valence electrons. The van der Waals surface area contributed by atoms with E-state index in [1.807, 2.05) is 18.2 Å². The zero-order valence-electron chi connectivity index (χ0n) is 19.4. The molecule has 1 aromatic heterocycles. The van der Waals surface area contributed by atoms with Crippen molar-refractivity contribution in [2.45, 2.75) is 25.3 Å². The Bertz CT molecular complexity index is 1120. The first-order valence-electron chi connectivity index (χ1n) is 11.6. The van der Waals surface area contributed by atoms with Gasteiger partial charge in [-0.05, 0) is 17.9 Å². The van der Waals surface area contributed by atoms with E-state index in [4.69, 9.17) is 28.8 Å². The lowest BCUT2D eigenvalue weighted by Gasteiger charge is -2.51. The molecule has 0 radical (unpaired) electrons. The smallest absolute Gasteiger partial charge is 0.280 e. The topological polar surface area (TPSA) is 174 Å². The molecule has 35 heavy (non-hydrogen) atoms. The zero-order valence-corrected chi connectivity index (χ0v) is 20.2. The van der Waals surface area contributed by atoms with Gasteiger partial charge in [0.15, 0.2) is 35.0 Å². The van der Waals surface area contributed by atoms with E-state index in [-0.39, 0.29) is 40.4 Å². The molecule has 3 fully saturated rings. The van der Waals surface area contributed by atoms with Crippen LogP contribution in [-0.2, 0) is 11.2 Å². The molecule has 12 heteroatoms. The van der Waals surface area contributed by atoms with Crippen LogP contribution in [0.4, 0.5) is 11.6 Å². The Kier molecular flexibility index (Phi) is 7.37. The van der Waals surface area contributed by atoms with Gasteiger partial charge in [-0.3, -0.25) is 14.9 Å². The highest BCUT2D eigenvalue weighted by Gasteiger charge is 2.47. The molecule has 8 N–H and O–H groups in total. The fourth-order valence-corrected chi connectivity index (χ4v) is 5.09. The summed E-state index contributed by atoms with van der Waals surface area (Å²) in [5, 5.41) is 5.44. The van der Waals surface area contributed by atoms with Crippen molar-refractivity contribution >= 4 is 41.0 Å². The van der Waals surface area contributed by atoms with Gasteiger partial charge in [0.25, 0.3) is 11.8 Å². The maximum atomic E-state index is 12.7.